The van der Waals surface area contributed by atoms with Crippen LogP contribution in [0.4, 0.5) is 5.69 Å². The van der Waals surface area contributed by atoms with Gasteiger partial charge >= 0.3 is 0 Å². The number of hydrogen-bond acceptors (Lipinski definition) is 4. The number of rotatable bonds is 5. The Labute approximate surface area is 108 Å². The Bertz CT molecular complexity index is 606. The quantitative estimate of drug-likeness (QED) is 0.207. The van der Waals surface area contributed by atoms with Crippen LogP contribution in [0.5, 0.6) is 0 Å². The zero-order valence-corrected chi connectivity index (χ0v) is 10.1. The molecule has 0 spiro atoms. The minimum Gasteiger partial charge on any atom is -0.383 e. The van der Waals surface area contributed by atoms with Crippen molar-refractivity contribution in [3.05, 3.63) is 40.6 Å². The Morgan fingerprint density at radius 1 is 1.47 bits per heavy atom. The fraction of sp³-hybridized carbons (Fsp3) is 0.182. The maximum Gasteiger partial charge on any atom is 0.251 e. The number of aliphatic imine (C=N–C) groups is 1. The van der Waals surface area contributed by atoms with Gasteiger partial charge in [0.1, 0.15) is 0 Å². The van der Waals surface area contributed by atoms with Crippen molar-refractivity contribution in [2.75, 3.05) is 18.4 Å². The van der Waals surface area contributed by atoms with Crippen molar-refractivity contribution in [1.29, 1.82) is 0 Å². The van der Waals surface area contributed by atoms with Crippen LogP contribution < -0.4 is 16.5 Å². The van der Waals surface area contributed by atoms with E-state index in [1.165, 1.54) is 0 Å². The molecule has 0 saturated heterocycles. The van der Waals surface area contributed by atoms with Gasteiger partial charge in [-0.2, -0.15) is 0 Å². The van der Waals surface area contributed by atoms with Gasteiger partial charge in [0.25, 0.3) is 5.96 Å². The molecular formula is C11H14N6O2. The fourth-order valence-corrected chi connectivity index (χ4v) is 1.67. The molecule has 0 unspecified atom stereocenters. The van der Waals surface area contributed by atoms with Gasteiger partial charge in [-0.05, 0) is 24.3 Å². The molecule has 2 rings (SSSR count). The van der Waals surface area contributed by atoms with Crippen LogP contribution in [0.3, 0.4) is 0 Å². The van der Waals surface area contributed by atoms with E-state index in [4.69, 9.17) is 5.73 Å². The SMILES string of the molecule is NC(=NCCNc1ccc2[nH]ccc2c1)N[N+](=O)[O-]. The second kappa shape index (κ2) is 5.71. The van der Waals surface area contributed by atoms with E-state index in [2.05, 4.69) is 15.3 Å². The van der Waals surface area contributed by atoms with Crippen molar-refractivity contribution in [2.24, 2.45) is 10.7 Å². The number of nitrogens with two attached hydrogens (primary N) is 1. The molecule has 2 aromatic rings. The van der Waals surface area contributed by atoms with Gasteiger partial charge in [0, 0.05) is 29.3 Å². The van der Waals surface area contributed by atoms with Crippen molar-refractivity contribution in [1.82, 2.24) is 10.4 Å². The molecule has 1 aromatic carbocycles. The van der Waals surface area contributed by atoms with E-state index in [0.717, 1.165) is 16.6 Å². The van der Waals surface area contributed by atoms with Crippen LogP contribution >= 0.6 is 0 Å². The number of nitrogens with zero attached hydrogens (tertiary/aromatic N) is 2. The number of nitrogens with one attached hydrogen (secondary N) is 3. The van der Waals surface area contributed by atoms with Crippen molar-refractivity contribution < 1.29 is 5.03 Å². The van der Waals surface area contributed by atoms with E-state index in [9.17, 15) is 10.1 Å². The molecule has 0 bridgehead atoms. The number of benzene rings is 1. The maximum absolute atomic E-state index is 10.1. The summed E-state index contributed by atoms with van der Waals surface area (Å²) in [5.41, 5.74) is 9.09. The molecule has 0 fully saturated rings. The zero-order valence-electron chi connectivity index (χ0n) is 10.1. The molecule has 0 aliphatic rings. The van der Waals surface area contributed by atoms with E-state index in [-0.39, 0.29) is 5.96 Å². The first-order valence-corrected chi connectivity index (χ1v) is 5.67. The van der Waals surface area contributed by atoms with E-state index in [1.54, 1.807) is 5.43 Å². The number of hydrazine groups is 1. The molecule has 8 heteroatoms. The Morgan fingerprint density at radius 3 is 3.11 bits per heavy atom. The molecule has 0 amide bonds. The smallest absolute Gasteiger partial charge is 0.251 e. The van der Waals surface area contributed by atoms with E-state index >= 15 is 0 Å². The van der Waals surface area contributed by atoms with Gasteiger partial charge in [-0.25, -0.2) is 15.1 Å². The highest BCUT2D eigenvalue weighted by atomic mass is 16.7. The molecule has 0 aliphatic carbocycles. The molecule has 0 saturated carbocycles. The van der Waals surface area contributed by atoms with Crippen molar-refractivity contribution in [3.8, 4) is 0 Å². The van der Waals surface area contributed by atoms with Crippen LogP contribution in [0.15, 0.2) is 35.5 Å². The highest BCUT2D eigenvalue weighted by molar-refractivity contribution is 5.83. The molecular weight excluding hydrogens is 248 g/mol. The zero-order chi connectivity index (χ0) is 13.7. The lowest BCUT2D eigenvalue weighted by Gasteiger charge is -2.04. The Hall–Kier alpha value is -2.77. The summed E-state index contributed by atoms with van der Waals surface area (Å²) in [5, 5.41) is 13.6. The summed E-state index contributed by atoms with van der Waals surface area (Å²) in [7, 11) is 0. The first-order chi connectivity index (χ1) is 9.15. The minimum absolute atomic E-state index is 0.201. The molecule has 0 radical (unpaired) electrons. The first-order valence-electron chi connectivity index (χ1n) is 5.67. The first kappa shape index (κ1) is 12.7. The van der Waals surface area contributed by atoms with Crippen LogP contribution in [-0.2, 0) is 0 Å². The standard InChI is InChI=1S/C11H14N6O2/c12-11(16-17(18)19)15-6-5-13-9-1-2-10-8(7-9)3-4-14-10/h1-4,7,13-14H,5-6H2,(H3,12,15,16). The number of aromatic amines is 1. The lowest BCUT2D eigenvalue weighted by atomic mass is 10.2. The third-order valence-electron chi connectivity index (χ3n) is 2.48. The van der Waals surface area contributed by atoms with E-state index in [0.29, 0.717) is 13.1 Å². The highest BCUT2D eigenvalue weighted by Gasteiger charge is 1.98. The molecule has 0 aliphatic heterocycles. The molecule has 1 heterocycles. The van der Waals surface area contributed by atoms with Crippen molar-refractivity contribution >= 4 is 22.5 Å². The lowest BCUT2D eigenvalue weighted by Crippen LogP contribution is -2.36. The van der Waals surface area contributed by atoms with Gasteiger partial charge in [-0.1, -0.05) is 5.43 Å². The lowest BCUT2D eigenvalue weighted by molar-refractivity contribution is -0.525. The summed E-state index contributed by atoms with van der Waals surface area (Å²) in [6, 6.07) is 7.91. The Balaban J connectivity index is 1.83. The monoisotopic (exact) mass is 262 g/mol. The summed E-state index contributed by atoms with van der Waals surface area (Å²) in [4.78, 5) is 17.0. The molecule has 1 aromatic heterocycles. The highest BCUT2D eigenvalue weighted by Crippen LogP contribution is 2.17. The van der Waals surface area contributed by atoms with Gasteiger partial charge in [0.2, 0.25) is 0 Å². The summed E-state index contributed by atoms with van der Waals surface area (Å²) < 4.78 is 0. The van der Waals surface area contributed by atoms with Crippen molar-refractivity contribution in [2.45, 2.75) is 0 Å². The van der Waals surface area contributed by atoms with Crippen molar-refractivity contribution in [3.63, 3.8) is 0 Å². The number of H-pyrrole nitrogens is 1. The summed E-state index contributed by atoms with van der Waals surface area (Å²) >= 11 is 0. The van der Waals surface area contributed by atoms with Crippen LogP contribution in [0.1, 0.15) is 0 Å². The molecule has 100 valence electrons. The maximum atomic E-state index is 10.1. The number of anilines is 1. The molecule has 19 heavy (non-hydrogen) atoms. The topological polar surface area (TPSA) is 121 Å². The van der Waals surface area contributed by atoms with Gasteiger partial charge in [0.15, 0.2) is 5.03 Å². The Morgan fingerprint density at radius 2 is 2.32 bits per heavy atom. The van der Waals surface area contributed by atoms with Crippen LogP contribution in [0.2, 0.25) is 0 Å². The minimum atomic E-state index is -0.744. The predicted octanol–water partition coefficient (Wildman–Crippen LogP) is 0.676. The molecule has 8 nitrogen and oxygen atoms in total. The second-order valence-corrected chi connectivity index (χ2v) is 3.84. The number of guanidine groups is 1. The average molecular weight is 262 g/mol. The van der Waals surface area contributed by atoms with Crippen LogP contribution in [0, 0.1) is 10.1 Å². The predicted molar refractivity (Wildman–Crippen MR) is 73.4 cm³/mol. The molecule has 0 atom stereocenters. The normalized spacial score (nSPS) is 11.5. The second-order valence-electron chi connectivity index (χ2n) is 3.84. The number of fused-ring (bicyclic) bond motifs is 1. The summed E-state index contributed by atoms with van der Waals surface area (Å²) in [6.07, 6.45) is 1.88. The van der Waals surface area contributed by atoms with Crippen LogP contribution in [0.25, 0.3) is 10.9 Å². The van der Waals surface area contributed by atoms with E-state index in [1.807, 2.05) is 30.5 Å². The van der Waals surface area contributed by atoms with Gasteiger partial charge in [0.05, 0.1) is 6.54 Å². The number of aromatic nitrogens is 1. The van der Waals surface area contributed by atoms with Gasteiger partial charge in [-0.3, -0.25) is 0 Å². The third kappa shape index (κ3) is 3.60. The summed E-state index contributed by atoms with van der Waals surface area (Å²) in [5.74, 6) is -0.201. The fourth-order valence-electron chi connectivity index (χ4n) is 1.67. The van der Waals surface area contributed by atoms with E-state index < -0.39 is 5.03 Å². The number of nitro groups is 1. The van der Waals surface area contributed by atoms with Gasteiger partial charge in [-0.15, -0.1) is 0 Å². The molecule has 5 N–H and O–H groups in total. The Kier molecular flexibility index (Phi) is 3.81. The number of hydrogen-bond donors (Lipinski definition) is 4. The largest absolute Gasteiger partial charge is 0.383 e. The van der Waals surface area contributed by atoms with Gasteiger partial charge < -0.3 is 16.0 Å². The average Bonchev–Trinajstić information content (AvgIpc) is 2.81. The third-order valence-corrected chi connectivity index (χ3v) is 2.48. The van der Waals surface area contributed by atoms with Crippen LogP contribution in [-0.4, -0.2) is 29.1 Å². The summed E-state index contributed by atoms with van der Waals surface area (Å²) in [6.45, 7) is 0.883.